The van der Waals surface area contributed by atoms with E-state index in [2.05, 4.69) is 25.7 Å². The molecule has 0 amide bonds. The maximum Gasteiger partial charge on any atom is 0.0101 e. The van der Waals surface area contributed by atoms with Crippen molar-refractivity contribution in [3.63, 3.8) is 0 Å². The Kier molecular flexibility index (Phi) is 9.04. The van der Waals surface area contributed by atoms with Crippen LogP contribution in [0.1, 0.15) is 149 Å². The molecule has 34 heavy (non-hydrogen) atoms. The normalized spacial score (nSPS) is 46.9. The molecule has 5 rings (SSSR count). The quantitative estimate of drug-likeness (QED) is 0.387. The van der Waals surface area contributed by atoms with E-state index in [1.165, 1.54) is 77.0 Å². The monoisotopic (exact) mass is 469 g/mol. The summed E-state index contributed by atoms with van der Waals surface area (Å²) >= 11 is 0. The lowest BCUT2D eigenvalue weighted by Crippen LogP contribution is -2.53. The van der Waals surface area contributed by atoms with Crippen molar-refractivity contribution in [3.05, 3.63) is 0 Å². The first-order valence-electron chi connectivity index (χ1n) is 16.3. The third kappa shape index (κ3) is 6.26. The molecule has 0 bridgehead atoms. The SMILES string of the molecule is CC1CCC(C2CCC(N(C3CCC(C)CC3)C3CCC(C4CCC(C)CC4)CC3)CC2)CC1. The molecule has 5 fully saturated rings. The van der Waals surface area contributed by atoms with E-state index in [0.717, 1.165) is 59.6 Å². The van der Waals surface area contributed by atoms with Gasteiger partial charge in [-0.15, -0.1) is 0 Å². The van der Waals surface area contributed by atoms with Gasteiger partial charge in [-0.05, 0) is 144 Å². The van der Waals surface area contributed by atoms with E-state index >= 15 is 0 Å². The van der Waals surface area contributed by atoms with Crippen molar-refractivity contribution in [1.29, 1.82) is 0 Å². The highest BCUT2D eigenvalue weighted by Gasteiger charge is 2.40. The average molecular weight is 470 g/mol. The lowest BCUT2D eigenvalue weighted by molar-refractivity contribution is -0.00657. The van der Waals surface area contributed by atoms with Crippen LogP contribution in [0.4, 0.5) is 0 Å². The number of hydrogen-bond donors (Lipinski definition) is 0. The van der Waals surface area contributed by atoms with Crippen LogP contribution >= 0.6 is 0 Å². The molecule has 1 heteroatoms. The Morgan fingerprint density at radius 3 is 0.794 bits per heavy atom. The molecule has 0 spiro atoms. The topological polar surface area (TPSA) is 3.24 Å². The zero-order valence-corrected chi connectivity index (χ0v) is 23.4. The molecule has 0 aromatic carbocycles. The summed E-state index contributed by atoms with van der Waals surface area (Å²) in [4.78, 5) is 3.23. The van der Waals surface area contributed by atoms with Crippen LogP contribution < -0.4 is 0 Å². The lowest BCUT2D eigenvalue weighted by Gasteiger charge is -2.50. The second-order valence-corrected chi connectivity index (χ2v) is 14.5. The molecule has 5 aliphatic carbocycles. The average Bonchev–Trinajstić information content (AvgIpc) is 2.87. The smallest absolute Gasteiger partial charge is 0.0101 e. The molecule has 5 saturated carbocycles. The lowest BCUT2D eigenvalue weighted by atomic mass is 9.69. The minimum absolute atomic E-state index is 0.922. The van der Waals surface area contributed by atoms with E-state index < -0.39 is 0 Å². The van der Waals surface area contributed by atoms with E-state index in [1.807, 2.05) is 0 Å². The van der Waals surface area contributed by atoms with Gasteiger partial charge in [-0.3, -0.25) is 4.90 Å². The summed E-state index contributed by atoms with van der Waals surface area (Å²) in [6, 6.07) is 2.77. The highest BCUT2D eigenvalue weighted by atomic mass is 15.2. The van der Waals surface area contributed by atoms with Gasteiger partial charge in [-0.25, -0.2) is 0 Å². The predicted octanol–water partition coefficient (Wildman–Crippen LogP) is 9.64. The van der Waals surface area contributed by atoms with Crippen LogP contribution in [0.3, 0.4) is 0 Å². The molecule has 0 heterocycles. The summed E-state index contributed by atoms with van der Waals surface area (Å²) in [7, 11) is 0. The molecule has 0 atom stereocenters. The van der Waals surface area contributed by atoms with Gasteiger partial charge in [0.25, 0.3) is 0 Å². The summed E-state index contributed by atoms with van der Waals surface area (Å²) in [5.41, 5.74) is 0. The van der Waals surface area contributed by atoms with Crippen LogP contribution in [0.2, 0.25) is 0 Å². The minimum Gasteiger partial charge on any atom is -0.294 e. The Hall–Kier alpha value is -0.0400. The Morgan fingerprint density at radius 1 is 0.294 bits per heavy atom. The number of rotatable bonds is 5. The summed E-state index contributed by atoms with van der Waals surface area (Å²) in [5, 5.41) is 0. The van der Waals surface area contributed by atoms with Gasteiger partial charge in [-0.1, -0.05) is 46.5 Å². The van der Waals surface area contributed by atoms with Crippen LogP contribution in [0.25, 0.3) is 0 Å². The fraction of sp³-hybridized carbons (Fsp3) is 1.00. The minimum atomic E-state index is 0.922. The standard InChI is InChI=1S/C33H59N/c1-24-4-10-27(11-5-24)29-14-20-32(21-15-29)34(31-18-8-26(3)9-19-31)33-22-16-30(17-23-33)28-12-6-25(2)7-13-28/h24-33H,4-23H2,1-3H3. The van der Waals surface area contributed by atoms with Gasteiger partial charge >= 0.3 is 0 Å². The van der Waals surface area contributed by atoms with Gasteiger partial charge in [0.05, 0.1) is 0 Å². The first kappa shape index (κ1) is 25.6. The van der Waals surface area contributed by atoms with Crippen LogP contribution in [-0.2, 0) is 0 Å². The highest BCUT2D eigenvalue weighted by Crippen LogP contribution is 2.45. The molecule has 0 saturated heterocycles. The Bertz CT molecular complexity index is 532. The molecule has 196 valence electrons. The molecule has 0 radical (unpaired) electrons. The maximum absolute atomic E-state index is 3.23. The van der Waals surface area contributed by atoms with Crippen molar-refractivity contribution < 1.29 is 0 Å². The third-order valence-electron chi connectivity index (χ3n) is 12.2. The number of nitrogens with zero attached hydrogens (tertiary/aromatic N) is 1. The molecular weight excluding hydrogens is 410 g/mol. The molecule has 0 N–H and O–H groups in total. The molecule has 0 aromatic heterocycles. The van der Waals surface area contributed by atoms with Crippen LogP contribution in [0, 0.1) is 41.4 Å². The Labute approximate surface area is 213 Å². The van der Waals surface area contributed by atoms with Gasteiger partial charge < -0.3 is 0 Å². The van der Waals surface area contributed by atoms with Gasteiger partial charge in [-0.2, -0.15) is 0 Å². The van der Waals surface area contributed by atoms with E-state index in [0.29, 0.717) is 0 Å². The zero-order valence-electron chi connectivity index (χ0n) is 23.4. The van der Waals surface area contributed by atoms with Crippen molar-refractivity contribution in [2.45, 2.75) is 167 Å². The molecule has 0 aliphatic heterocycles. The van der Waals surface area contributed by atoms with Gasteiger partial charge in [0, 0.05) is 18.1 Å². The van der Waals surface area contributed by atoms with Crippen LogP contribution in [0.5, 0.6) is 0 Å². The summed E-state index contributed by atoms with van der Waals surface area (Å²) in [6.45, 7) is 7.48. The first-order valence-corrected chi connectivity index (χ1v) is 16.3. The van der Waals surface area contributed by atoms with Gasteiger partial charge in [0.1, 0.15) is 0 Å². The number of hydrogen-bond acceptors (Lipinski definition) is 1. The van der Waals surface area contributed by atoms with Crippen molar-refractivity contribution in [2.75, 3.05) is 0 Å². The predicted molar refractivity (Wildman–Crippen MR) is 147 cm³/mol. The largest absolute Gasteiger partial charge is 0.294 e. The Balaban J connectivity index is 1.18. The first-order chi connectivity index (χ1) is 16.6. The van der Waals surface area contributed by atoms with Crippen molar-refractivity contribution >= 4 is 0 Å². The van der Waals surface area contributed by atoms with Crippen LogP contribution in [-0.4, -0.2) is 23.0 Å². The van der Waals surface area contributed by atoms with Crippen molar-refractivity contribution in [3.8, 4) is 0 Å². The maximum atomic E-state index is 3.23. The summed E-state index contributed by atoms with van der Waals surface area (Å²) in [5.74, 6) is 7.28. The van der Waals surface area contributed by atoms with Crippen molar-refractivity contribution in [2.24, 2.45) is 41.4 Å². The van der Waals surface area contributed by atoms with E-state index in [9.17, 15) is 0 Å². The molecule has 0 unspecified atom stereocenters. The second-order valence-electron chi connectivity index (χ2n) is 14.5. The second kappa shape index (κ2) is 12.0. The van der Waals surface area contributed by atoms with Crippen molar-refractivity contribution in [1.82, 2.24) is 4.90 Å². The molecule has 1 nitrogen and oxygen atoms in total. The van der Waals surface area contributed by atoms with E-state index in [4.69, 9.17) is 0 Å². The van der Waals surface area contributed by atoms with E-state index in [1.54, 1.807) is 51.4 Å². The highest BCUT2D eigenvalue weighted by molar-refractivity contribution is 4.94. The third-order valence-corrected chi connectivity index (χ3v) is 12.2. The zero-order chi connectivity index (χ0) is 23.5. The van der Waals surface area contributed by atoms with E-state index in [-0.39, 0.29) is 0 Å². The Morgan fingerprint density at radius 2 is 0.500 bits per heavy atom. The fourth-order valence-corrected chi connectivity index (χ4v) is 9.69. The molecular formula is C33H59N. The van der Waals surface area contributed by atoms with Gasteiger partial charge in [0.2, 0.25) is 0 Å². The summed E-state index contributed by atoms with van der Waals surface area (Å²) in [6.07, 6.45) is 30.6. The van der Waals surface area contributed by atoms with Gasteiger partial charge in [0.15, 0.2) is 0 Å². The van der Waals surface area contributed by atoms with Crippen LogP contribution in [0.15, 0.2) is 0 Å². The fourth-order valence-electron chi connectivity index (χ4n) is 9.69. The molecule has 5 aliphatic rings. The molecule has 0 aromatic rings. The summed E-state index contributed by atoms with van der Waals surface area (Å²) < 4.78 is 0.